The first-order valence-corrected chi connectivity index (χ1v) is 7.00. The van der Waals surface area contributed by atoms with Gasteiger partial charge in [-0.3, -0.25) is 4.79 Å². The van der Waals surface area contributed by atoms with Gasteiger partial charge in [0, 0.05) is 5.69 Å². The Morgan fingerprint density at radius 2 is 1.83 bits per heavy atom. The molecule has 1 N–H and O–H groups in total. The minimum absolute atomic E-state index is 0.000570. The first-order chi connectivity index (χ1) is 11.5. The van der Waals surface area contributed by atoms with Crippen LogP contribution in [0.4, 0.5) is 14.5 Å². The summed E-state index contributed by atoms with van der Waals surface area (Å²) in [6.07, 6.45) is -0.809. The molecule has 0 spiro atoms. The number of nitriles is 1. The fraction of sp³-hybridized carbons (Fsp3) is 0.176. The number of amides is 1. The van der Waals surface area contributed by atoms with Crippen molar-refractivity contribution in [1.29, 1.82) is 5.26 Å². The van der Waals surface area contributed by atoms with E-state index < -0.39 is 18.6 Å². The van der Waals surface area contributed by atoms with Gasteiger partial charge >= 0.3 is 6.61 Å². The molecule has 0 saturated carbocycles. The van der Waals surface area contributed by atoms with Gasteiger partial charge in [0.15, 0.2) is 6.10 Å². The van der Waals surface area contributed by atoms with Gasteiger partial charge in [-0.2, -0.15) is 14.0 Å². The predicted molar refractivity (Wildman–Crippen MR) is 83.0 cm³/mol. The summed E-state index contributed by atoms with van der Waals surface area (Å²) in [6, 6.07) is 14.0. The van der Waals surface area contributed by atoms with Crippen molar-refractivity contribution in [3.63, 3.8) is 0 Å². The lowest BCUT2D eigenvalue weighted by molar-refractivity contribution is -0.122. The first-order valence-electron chi connectivity index (χ1n) is 7.00. The van der Waals surface area contributed by atoms with Gasteiger partial charge < -0.3 is 14.8 Å². The van der Waals surface area contributed by atoms with Crippen molar-refractivity contribution < 1.29 is 23.0 Å². The number of ether oxygens (including phenoxy) is 2. The highest BCUT2D eigenvalue weighted by molar-refractivity contribution is 5.94. The Kier molecular flexibility index (Phi) is 5.68. The van der Waals surface area contributed by atoms with Crippen molar-refractivity contribution in [2.45, 2.75) is 19.6 Å². The zero-order valence-electron chi connectivity index (χ0n) is 12.7. The number of nitrogens with zero attached hydrogens (tertiary/aromatic N) is 1. The maximum absolute atomic E-state index is 12.1. The molecule has 0 aromatic heterocycles. The van der Waals surface area contributed by atoms with Crippen LogP contribution in [0.3, 0.4) is 0 Å². The van der Waals surface area contributed by atoms with E-state index >= 15 is 0 Å². The van der Waals surface area contributed by atoms with Gasteiger partial charge in [-0.25, -0.2) is 0 Å². The molecule has 1 atom stereocenters. The molecule has 1 unspecified atom stereocenters. The van der Waals surface area contributed by atoms with E-state index in [1.165, 1.54) is 30.3 Å². The normalized spacial score (nSPS) is 11.5. The van der Waals surface area contributed by atoms with E-state index in [1.807, 2.05) is 6.07 Å². The quantitative estimate of drug-likeness (QED) is 0.878. The van der Waals surface area contributed by atoms with E-state index in [4.69, 9.17) is 10.00 Å². The van der Waals surface area contributed by atoms with E-state index in [-0.39, 0.29) is 5.75 Å². The lowest BCUT2D eigenvalue weighted by atomic mass is 10.2. The van der Waals surface area contributed by atoms with Crippen LogP contribution in [0.2, 0.25) is 0 Å². The minimum Gasteiger partial charge on any atom is -0.481 e. The smallest absolute Gasteiger partial charge is 0.387 e. The summed E-state index contributed by atoms with van der Waals surface area (Å²) in [7, 11) is 0. The van der Waals surface area contributed by atoms with Crippen LogP contribution < -0.4 is 14.8 Å². The summed E-state index contributed by atoms with van der Waals surface area (Å²) >= 11 is 0. The van der Waals surface area contributed by atoms with Crippen LogP contribution in [0.5, 0.6) is 11.5 Å². The van der Waals surface area contributed by atoms with Crippen LogP contribution in [0.15, 0.2) is 48.5 Å². The minimum atomic E-state index is -2.90. The number of carbonyl (C=O) groups excluding carboxylic acids is 1. The molecule has 2 rings (SSSR count). The van der Waals surface area contributed by atoms with Gasteiger partial charge in [0.2, 0.25) is 0 Å². The number of benzene rings is 2. The molecule has 24 heavy (non-hydrogen) atoms. The number of halogens is 2. The number of nitrogens with one attached hydrogen (secondary N) is 1. The Hall–Kier alpha value is -3.14. The van der Waals surface area contributed by atoms with Crippen LogP contribution in [0.25, 0.3) is 0 Å². The number of carbonyl (C=O) groups is 1. The van der Waals surface area contributed by atoms with Gasteiger partial charge in [-0.15, -0.1) is 0 Å². The highest BCUT2D eigenvalue weighted by atomic mass is 19.3. The third-order valence-corrected chi connectivity index (χ3v) is 2.99. The molecule has 5 nitrogen and oxygen atoms in total. The molecule has 0 fully saturated rings. The number of rotatable bonds is 6. The van der Waals surface area contributed by atoms with Crippen LogP contribution >= 0.6 is 0 Å². The number of hydrogen-bond donors (Lipinski definition) is 1. The number of alkyl halides is 2. The molecule has 2 aromatic rings. The van der Waals surface area contributed by atoms with Crippen molar-refractivity contribution in [3.8, 4) is 17.6 Å². The molecule has 0 radical (unpaired) electrons. The van der Waals surface area contributed by atoms with E-state index in [0.29, 0.717) is 17.0 Å². The fourth-order valence-corrected chi connectivity index (χ4v) is 1.86. The van der Waals surface area contributed by atoms with Crippen molar-refractivity contribution in [1.82, 2.24) is 0 Å². The Morgan fingerprint density at radius 1 is 1.12 bits per heavy atom. The SMILES string of the molecule is CC(Oc1cccc(C#N)c1)C(=O)Nc1ccc(OC(F)F)cc1. The highest BCUT2D eigenvalue weighted by Gasteiger charge is 2.15. The number of anilines is 1. The summed E-state index contributed by atoms with van der Waals surface area (Å²) in [4.78, 5) is 12.1. The maximum atomic E-state index is 12.1. The monoisotopic (exact) mass is 332 g/mol. The molecule has 0 heterocycles. The third-order valence-electron chi connectivity index (χ3n) is 2.99. The predicted octanol–water partition coefficient (Wildman–Crippen LogP) is 3.57. The first kappa shape index (κ1) is 17.2. The highest BCUT2D eigenvalue weighted by Crippen LogP contribution is 2.19. The molecule has 0 saturated heterocycles. The summed E-state index contributed by atoms with van der Waals surface area (Å²) < 4.78 is 33.8. The van der Waals surface area contributed by atoms with Crippen LogP contribution in [0, 0.1) is 11.3 Å². The van der Waals surface area contributed by atoms with E-state index in [9.17, 15) is 13.6 Å². The average Bonchev–Trinajstić information content (AvgIpc) is 2.56. The fourth-order valence-electron chi connectivity index (χ4n) is 1.86. The molecule has 2 aromatic carbocycles. The molecular weight excluding hydrogens is 318 g/mol. The summed E-state index contributed by atoms with van der Waals surface area (Å²) in [6.45, 7) is -1.34. The Labute approximate surface area is 137 Å². The van der Waals surface area contributed by atoms with Crippen molar-refractivity contribution >= 4 is 11.6 Å². The zero-order valence-corrected chi connectivity index (χ0v) is 12.7. The molecule has 0 bridgehead atoms. The van der Waals surface area contributed by atoms with E-state index in [0.717, 1.165) is 0 Å². The average molecular weight is 332 g/mol. The Bertz CT molecular complexity index is 742. The van der Waals surface area contributed by atoms with Gasteiger partial charge in [-0.05, 0) is 49.4 Å². The second kappa shape index (κ2) is 7.92. The third kappa shape index (κ3) is 4.95. The van der Waals surface area contributed by atoms with Crippen LogP contribution in [-0.4, -0.2) is 18.6 Å². The molecule has 1 amide bonds. The van der Waals surface area contributed by atoms with Crippen molar-refractivity contribution in [2.24, 2.45) is 0 Å². The van der Waals surface area contributed by atoms with E-state index in [2.05, 4.69) is 10.1 Å². The van der Waals surface area contributed by atoms with Gasteiger partial charge in [0.25, 0.3) is 5.91 Å². The van der Waals surface area contributed by atoms with Crippen LogP contribution in [0.1, 0.15) is 12.5 Å². The Morgan fingerprint density at radius 3 is 2.46 bits per heavy atom. The zero-order chi connectivity index (χ0) is 17.5. The van der Waals surface area contributed by atoms with E-state index in [1.54, 1.807) is 25.1 Å². The van der Waals surface area contributed by atoms with Crippen molar-refractivity contribution in [2.75, 3.05) is 5.32 Å². The van der Waals surface area contributed by atoms with Gasteiger partial charge in [0.05, 0.1) is 11.6 Å². The van der Waals surface area contributed by atoms with Gasteiger partial charge in [-0.1, -0.05) is 6.07 Å². The lowest BCUT2D eigenvalue weighted by Crippen LogP contribution is -2.30. The Balaban J connectivity index is 1.94. The van der Waals surface area contributed by atoms with Crippen LogP contribution in [-0.2, 0) is 4.79 Å². The standard InChI is InChI=1S/C17H14F2N2O3/c1-11(23-15-4-2-3-12(9-15)10-20)16(22)21-13-5-7-14(8-6-13)24-17(18)19/h2-9,11,17H,1H3,(H,21,22). The molecule has 7 heteroatoms. The topological polar surface area (TPSA) is 71.3 Å². The second-order valence-electron chi connectivity index (χ2n) is 4.79. The summed E-state index contributed by atoms with van der Waals surface area (Å²) in [5, 5.41) is 11.4. The molecular formula is C17H14F2N2O3. The largest absolute Gasteiger partial charge is 0.481 e. The molecule has 0 aliphatic rings. The molecule has 124 valence electrons. The second-order valence-corrected chi connectivity index (χ2v) is 4.79. The molecule has 0 aliphatic carbocycles. The van der Waals surface area contributed by atoms with Gasteiger partial charge in [0.1, 0.15) is 11.5 Å². The number of hydrogen-bond acceptors (Lipinski definition) is 4. The maximum Gasteiger partial charge on any atom is 0.387 e. The lowest BCUT2D eigenvalue weighted by Gasteiger charge is -2.15. The summed E-state index contributed by atoms with van der Waals surface area (Å²) in [5.74, 6) is -0.0158. The molecule has 0 aliphatic heterocycles. The van der Waals surface area contributed by atoms with Crippen molar-refractivity contribution in [3.05, 3.63) is 54.1 Å². The summed E-state index contributed by atoms with van der Waals surface area (Å²) in [5.41, 5.74) is 0.845.